The molecule has 2 aromatic heterocycles. The molecule has 72 valence electrons. The number of rotatable bonds is 2. The van der Waals surface area contributed by atoms with Crippen LogP contribution in [0.25, 0.3) is 0 Å². The van der Waals surface area contributed by atoms with E-state index in [1.807, 2.05) is 5.38 Å². The van der Waals surface area contributed by atoms with Gasteiger partial charge in [0.1, 0.15) is 5.69 Å². The summed E-state index contributed by atoms with van der Waals surface area (Å²) in [5.74, 6) is -0.0868. The summed E-state index contributed by atoms with van der Waals surface area (Å²) < 4.78 is 1.49. The van der Waals surface area contributed by atoms with E-state index in [1.54, 1.807) is 18.5 Å². The Labute approximate surface area is 89.9 Å². The third-order valence-corrected chi connectivity index (χ3v) is 2.85. The van der Waals surface area contributed by atoms with Crippen LogP contribution in [-0.4, -0.2) is 15.6 Å². The topological polar surface area (TPSA) is 34.9 Å². The Kier molecular flexibility index (Phi) is 2.39. The molecule has 0 unspecified atom stereocenters. The van der Waals surface area contributed by atoms with Crippen molar-refractivity contribution in [1.29, 1.82) is 0 Å². The van der Waals surface area contributed by atoms with Crippen LogP contribution in [0.15, 0.2) is 23.0 Å². The van der Waals surface area contributed by atoms with Crippen LogP contribution in [0.1, 0.15) is 16.1 Å². The van der Waals surface area contributed by atoms with Crippen molar-refractivity contribution in [3.8, 4) is 0 Å². The number of halogens is 1. The summed E-state index contributed by atoms with van der Waals surface area (Å²) in [5, 5.41) is 7.96. The van der Waals surface area contributed by atoms with Gasteiger partial charge in [-0.3, -0.25) is 9.48 Å². The van der Waals surface area contributed by atoms with Crippen molar-refractivity contribution in [2.45, 2.75) is 0 Å². The summed E-state index contributed by atoms with van der Waals surface area (Å²) in [6.45, 7) is 0. The van der Waals surface area contributed by atoms with E-state index < -0.39 is 0 Å². The van der Waals surface area contributed by atoms with E-state index in [0.717, 1.165) is 0 Å². The average Bonchev–Trinajstić information content (AvgIpc) is 2.75. The maximum atomic E-state index is 11.9. The second-order valence-electron chi connectivity index (χ2n) is 2.81. The first-order valence-electron chi connectivity index (χ1n) is 3.94. The summed E-state index contributed by atoms with van der Waals surface area (Å²) >= 11 is 7.34. The van der Waals surface area contributed by atoms with Crippen molar-refractivity contribution in [2.75, 3.05) is 0 Å². The molecule has 0 amide bonds. The zero-order valence-electron chi connectivity index (χ0n) is 7.40. The fourth-order valence-corrected chi connectivity index (χ4v) is 2.08. The quantitative estimate of drug-likeness (QED) is 0.737. The predicted molar refractivity (Wildman–Crippen MR) is 56.0 cm³/mol. The lowest BCUT2D eigenvalue weighted by Gasteiger charge is -1.99. The van der Waals surface area contributed by atoms with E-state index in [1.165, 1.54) is 22.2 Å². The molecule has 2 aromatic rings. The monoisotopic (exact) mass is 226 g/mol. The number of carbonyl (C=O) groups is 1. The molecule has 0 aliphatic rings. The van der Waals surface area contributed by atoms with Crippen molar-refractivity contribution in [1.82, 2.24) is 9.78 Å². The standard InChI is InChI=1S/C9H7ClN2OS/c1-12-8(7(10)4-11-12)9(13)6-2-3-14-5-6/h2-5H,1H3. The lowest BCUT2D eigenvalue weighted by atomic mass is 10.2. The molecule has 0 bridgehead atoms. The molecular weight excluding hydrogens is 220 g/mol. The molecule has 3 nitrogen and oxygen atoms in total. The van der Waals surface area contributed by atoms with Gasteiger partial charge in [0.15, 0.2) is 0 Å². The fraction of sp³-hybridized carbons (Fsp3) is 0.111. The van der Waals surface area contributed by atoms with Gasteiger partial charge in [0.05, 0.1) is 11.2 Å². The van der Waals surface area contributed by atoms with E-state index in [0.29, 0.717) is 16.3 Å². The first-order valence-corrected chi connectivity index (χ1v) is 5.26. The largest absolute Gasteiger partial charge is 0.287 e. The summed E-state index contributed by atoms with van der Waals surface area (Å²) in [7, 11) is 1.70. The number of aromatic nitrogens is 2. The molecule has 14 heavy (non-hydrogen) atoms. The molecule has 0 aliphatic carbocycles. The van der Waals surface area contributed by atoms with Gasteiger partial charge in [0.2, 0.25) is 5.78 Å². The van der Waals surface area contributed by atoms with Crippen molar-refractivity contribution < 1.29 is 4.79 Å². The zero-order chi connectivity index (χ0) is 10.1. The van der Waals surface area contributed by atoms with Gasteiger partial charge in [-0.05, 0) is 11.4 Å². The van der Waals surface area contributed by atoms with E-state index in [2.05, 4.69) is 5.10 Å². The van der Waals surface area contributed by atoms with Gasteiger partial charge in [0.25, 0.3) is 0 Å². The maximum absolute atomic E-state index is 11.9. The van der Waals surface area contributed by atoms with Crippen molar-refractivity contribution in [2.24, 2.45) is 7.05 Å². The van der Waals surface area contributed by atoms with Crippen molar-refractivity contribution in [3.63, 3.8) is 0 Å². The Morgan fingerprint density at radius 2 is 2.43 bits per heavy atom. The molecular formula is C9H7ClN2OS. The van der Waals surface area contributed by atoms with Crippen LogP contribution in [0.5, 0.6) is 0 Å². The van der Waals surface area contributed by atoms with Crippen molar-refractivity contribution in [3.05, 3.63) is 39.3 Å². The van der Waals surface area contributed by atoms with Gasteiger partial charge in [-0.1, -0.05) is 11.6 Å². The Morgan fingerprint density at radius 1 is 1.64 bits per heavy atom. The molecule has 2 rings (SSSR count). The normalized spacial score (nSPS) is 10.4. The first-order chi connectivity index (χ1) is 6.70. The Hall–Kier alpha value is -1.13. The first kappa shape index (κ1) is 9.43. The number of carbonyl (C=O) groups excluding carboxylic acids is 1. The van der Waals surface area contributed by atoms with Crippen LogP contribution < -0.4 is 0 Å². The van der Waals surface area contributed by atoms with E-state index in [4.69, 9.17) is 11.6 Å². The second kappa shape index (κ2) is 3.55. The molecule has 0 fully saturated rings. The van der Waals surface area contributed by atoms with E-state index in [-0.39, 0.29) is 5.78 Å². The third kappa shape index (κ3) is 1.47. The van der Waals surface area contributed by atoms with Gasteiger partial charge in [-0.15, -0.1) is 0 Å². The Morgan fingerprint density at radius 3 is 2.93 bits per heavy atom. The Bertz CT molecular complexity index is 442. The lowest BCUT2D eigenvalue weighted by Crippen LogP contribution is -2.07. The summed E-state index contributed by atoms with van der Waals surface area (Å²) in [4.78, 5) is 11.9. The molecule has 0 N–H and O–H groups in total. The molecule has 0 aromatic carbocycles. The number of nitrogens with zero attached hydrogens (tertiary/aromatic N) is 2. The predicted octanol–water partition coefficient (Wildman–Crippen LogP) is 2.37. The van der Waals surface area contributed by atoms with Crippen LogP contribution in [0.3, 0.4) is 0 Å². The van der Waals surface area contributed by atoms with Crippen LogP contribution >= 0.6 is 22.9 Å². The summed E-state index contributed by atoms with van der Waals surface area (Å²) in [5.41, 5.74) is 1.09. The molecule has 0 aliphatic heterocycles. The second-order valence-corrected chi connectivity index (χ2v) is 3.99. The van der Waals surface area contributed by atoms with Gasteiger partial charge >= 0.3 is 0 Å². The molecule has 0 atom stereocenters. The summed E-state index contributed by atoms with van der Waals surface area (Å²) in [6.07, 6.45) is 1.47. The van der Waals surface area contributed by atoms with Gasteiger partial charge in [-0.2, -0.15) is 16.4 Å². The van der Waals surface area contributed by atoms with E-state index >= 15 is 0 Å². The van der Waals surface area contributed by atoms with Crippen molar-refractivity contribution >= 4 is 28.7 Å². The number of hydrogen-bond donors (Lipinski definition) is 0. The highest BCUT2D eigenvalue weighted by atomic mass is 35.5. The van der Waals surface area contributed by atoms with Gasteiger partial charge in [0, 0.05) is 18.0 Å². The summed E-state index contributed by atoms with van der Waals surface area (Å²) in [6, 6.07) is 1.77. The highest BCUT2D eigenvalue weighted by Gasteiger charge is 2.17. The number of thiophene rings is 1. The smallest absolute Gasteiger partial charge is 0.213 e. The Balaban J connectivity index is 2.46. The molecule has 0 saturated carbocycles. The van der Waals surface area contributed by atoms with Crippen LogP contribution in [0.4, 0.5) is 0 Å². The number of hydrogen-bond acceptors (Lipinski definition) is 3. The van der Waals surface area contributed by atoms with Crippen LogP contribution in [0, 0.1) is 0 Å². The highest BCUT2D eigenvalue weighted by Crippen LogP contribution is 2.19. The van der Waals surface area contributed by atoms with E-state index in [9.17, 15) is 4.79 Å². The lowest BCUT2D eigenvalue weighted by molar-refractivity contribution is 0.103. The molecule has 0 spiro atoms. The zero-order valence-corrected chi connectivity index (χ0v) is 8.97. The average molecular weight is 227 g/mol. The van der Waals surface area contributed by atoms with Gasteiger partial charge < -0.3 is 0 Å². The molecule has 5 heteroatoms. The minimum absolute atomic E-state index is 0.0868. The number of ketones is 1. The molecule has 0 radical (unpaired) electrons. The minimum Gasteiger partial charge on any atom is -0.287 e. The number of aryl methyl sites for hydroxylation is 1. The fourth-order valence-electron chi connectivity index (χ4n) is 1.20. The molecule has 2 heterocycles. The SMILES string of the molecule is Cn1ncc(Cl)c1C(=O)c1ccsc1. The highest BCUT2D eigenvalue weighted by molar-refractivity contribution is 7.08. The van der Waals surface area contributed by atoms with Crippen LogP contribution in [0.2, 0.25) is 5.02 Å². The molecule has 0 saturated heterocycles. The minimum atomic E-state index is -0.0868. The van der Waals surface area contributed by atoms with Gasteiger partial charge in [-0.25, -0.2) is 0 Å². The third-order valence-electron chi connectivity index (χ3n) is 1.89. The maximum Gasteiger partial charge on any atom is 0.213 e. The van der Waals surface area contributed by atoms with Crippen LogP contribution in [-0.2, 0) is 7.05 Å².